The minimum Gasteiger partial charge on any atom is -0.406 e. The Morgan fingerprint density at radius 1 is 1.00 bits per heavy atom. The molecule has 4 rings (SSSR count). The molecule has 1 aliphatic heterocycles. The molecule has 1 aliphatic rings. The van der Waals surface area contributed by atoms with E-state index in [1.165, 1.54) is 24.6 Å². The quantitative estimate of drug-likeness (QED) is 0.370. The third kappa shape index (κ3) is 5.23. The highest BCUT2D eigenvalue weighted by Gasteiger charge is 2.31. The third-order valence-electron chi connectivity index (χ3n) is 5.17. The van der Waals surface area contributed by atoms with E-state index in [9.17, 15) is 18.0 Å². The molecule has 0 N–H and O–H groups in total. The number of ether oxygens (including phenoxy) is 1. The van der Waals surface area contributed by atoms with Gasteiger partial charge in [-0.15, -0.1) is 13.2 Å². The van der Waals surface area contributed by atoms with Gasteiger partial charge < -0.3 is 9.64 Å². The molecule has 2 aromatic carbocycles. The van der Waals surface area contributed by atoms with Crippen molar-refractivity contribution in [3.05, 3.63) is 71.8 Å². The maximum atomic E-state index is 12.6. The van der Waals surface area contributed by atoms with E-state index in [0.29, 0.717) is 0 Å². The molecule has 1 aromatic heterocycles. The standard InChI is InChI=1S/C24H21F3N2O2/c25-24(26,27)31-20-11-8-17(9-12-20)22(30)13-10-19-16-18-6-2-3-7-21(18)28-23(19)29-14-4-1-5-15-29/h2-3,6-13,16H,1,4-5,14-15H2/b13-10+. The molecule has 0 saturated carbocycles. The lowest BCUT2D eigenvalue weighted by Crippen LogP contribution is -2.30. The number of aromatic nitrogens is 1. The van der Waals surface area contributed by atoms with Crippen molar-refractivity contribution in [2.75, 3.05) is 18.0 Å². The molecule has 7 heteroatoms. The summed E-state index contributed by atoms with van der Waals surface area (Å²) < 4.78 is 40.7. The maximum absolute atomic E-state index is 12.6. The van der Waals surface area contributed by atoms with Gasteiger partial charge in [0.05, 0.1) is 5.52 Å². The van der Waals surface area contributed by atoms with Crippen LogP contribution in [0.5, 0.6) is 5.75 Å². The first-order valence-electron chi connectivity index (χ1n) is 10.1. The summed E-state index contributed by atoms with van der Waals surface area (Å²) in [6.45, 7) is 1.83. The number of carbonyl (C=O) groups excluding carboxylic acids is 1. The molecule has 0 unspecified atom stereocenters. The number of piperidine rings is 1. The van der Waals surface area contributed by atoms with Gasteiger partial charge in [-0.1, -0.05) is 18.2 Å². The van der Waals surface area contributed by atoms with E-state index in [4.69, 9.17) is 4.98 Å². The van der Waals surface area contributed by atoms with Crippen molar-refractivity contribution in [3.8, 4) is 5.75 Å². The molecule has 31 heavy (non-hydrogen) atoms. The lowest BCUT2D eigenvalue weighted by molar-refractivity contribution is -0.274. The van der Waals surface area contributed by atoms with Crippen molar-refractivity contribution in [3.63, 3.8) is 0 Å². The first-order valence-corrected chi connectivity index (χ1v) is 10.1. The second-order valence-corrected chi connectivity index (χ2v) is 7.41. The Hall–Kier alpha value is -3.35. The van der Waals surface area contributed by atoms with E-state index in [0.717, 1.165) is 60.3 Å². The lowest BCUT2D eigenvalue weighted by Gasteiger charge is -2.29. The van der Waals surface area contributed by atoms with E-state index in [2.05, 4.69) is 9.64 Å². The molecule has 160 valence electrons. The van der Waals surface area contributed by atoms with Crippen LogP contribution in [0.2, 0.25) is 0 Å². The first-order chi connectivity index (χ1) is 14.9. The molecule has 0 amide bonds. The number of ketones is 1. The normalized spacial score (nSPS) is 14.9. The average molecular weight is 426 g/mol. The van der Waals surface area contributed by atoms with Crippen LogP contribution in [-0.4, -0.2) is 30.2 Å². The number of allylic oxidation sites excluding steroid dienone is 1. The SMILES string of the molecule is O=C(/C=C/c1cc2ccccc2nc1N1CCCCC1)c1ccc(OC(F)(F)F)cc1. The number of halogens is 3. The zero-order chi connectivity index (χ0) is 21.8. The topological polar surface area (TPSA) is 42.4 Å². The van der Waals surface area contributed by atoms with Crippen molar-refractivity contribution < 1.29 is 22.7 Å². The van der Waals surface area contributed by atoms with Crippen LogP contribution in [0, 0.1) is 0 Å². The summed E-state index contributed by atoms with van der Waals surface area (Å²) >= 11 is 0. The number of alkyl halides is 3. The predicted octanol–water partition coefficient (Wildman–Crippen LogP) is 6.02. The van der Waals surface area contributed by atoms with Gasteiger partial charge in [0.2, 0.25) is 0 Å². The molecule has 1 fully saturated rings. The van der Waals surface area contributed by atoms with Gasteiger partial charge in [-0.3, -0.25) is 4.79 Å². The molecule has 2 heterocycles. The van der Waals surface area contributed by atoms with Crippen molar-refractivity contribution in [1.29, 1.82) is 0 Å². The van der Waals surface area contributed by atoms with Gasteiger partial charge in [-0.25, -0.2) is 4.98 Å². The number of anilines is 1. The molecule has 0 radical (unpaired) electrons. The van der Waals surface area contributed by atoms with E-state index < -0.39 is 6.36 Å². The number of nitrogens with zero attached hydrogens (tertiary/aromatic N) is 2. The van der Waals surface area contributed by atoms with Gasteiger partial charge >= 0.3 is 6.36 Å². The molecule has 0 atom stereocenters. The number of fused-ring (bicyclic) bond motifs is 1. The smallest absolute Gasteiger partial charge is 0.406 e. The number of hydrogen-bond donors (Lipinski definition) is 0. The monoisotopic (exact) mass is 426 g/mol. The van der Waals surface area contributed by atoms with Gasteiger partial charge in [0, 0.05) is 29.6 Å². The lowest BCUT2D eigenvalue weighted by atomic mass is 10.1. The molecule has 3 aromatic rings. The summed E-state index contributed by atoms with van der Waals surface area (Å²) in [6.07, 6.45) is 1.79. The Balaban J connectivity index is 1.60. The van der Waals surface area contributed by atoms with Crippen LogP contribution >= 0.6 is 0 Å². The largest absolute Gasteiger partial charge is 0.573 e. The summed E-state index contributed by atoms with van der Waals surface area (Å²) in [7, 11) is 0. The van der Waals surface area contributed by atoms with Crippen LogP contribution in [0.15, 0.2) is 60.7 Å². The van der Waals surface area contributed by atoms with E-state index in [-0.39, 0.29) is 17.1 Å². The average Bonchev–Trinajstić information content (AvgIpc) is 2.77. The van der Waals surface area contributed by atoms with Crippen LogP contribution in [0.1, 0.15) is 35.2 Å². The van der Waals surface area contributed by atoms with E-state index >= 15 is 0 Å². The Bertz CT molecular complexity index is 1100. The fourth-order valence-electron chi connectivity index (χ4n) is 3.69. The van der Waals surface area contributed by atoms with Crippen LogP contribution in [0.4, 0.5) is 19.0 Å². The number of pyridine rings is 1. The fourth-order valence-corrected chi connectivity index (χ4v) is 3.69. The molecule has 0 aliphatic carbocycles. The minimum absolute atomic E-state index is 0.277. The summed E-state index contributed by atoms with van der Waals surface area (Å²) in [4.78, 5) is 19.7. The highest BCUT2D eigenvalue weighted by atomic mass is 19.4. The molecule has 4 nitrogen and oxygen atoms in total. The highest BCUT2D eigenvalue weighted by Crippen LogP contribution is 2.28. The number of carbonyl (C=O) groups is 1. The number of para-hydroxylation sites is 1. The van der Waals surface area contributed by atoms with Gasteiger partial charge in [-0.05, 0) is 67.8 Å². The van der Waals surface area contributed by atoms with Crippen molar-refractivity contribution in [2.45, 2.75) is 25.6 Å². The second-order valence-electron chi connectivity index (χ2n) is 7.41. The van der Waals surface area contributed by atoms with Crippen molar-refractivity contribution in [2.24, 2.45) is 0 Å². The maximum Gasteiger partial charge on any atom is 0.573 e. The van der Waals surface area contributed by atoms with Gasteiger partial charge in [-0.2, -0.15) is 0 Å². The Morgan fingerprint density at radius 2 is 1.71 bits per heavy atom. The number of hydrogen-bond acceptors (Lipinski definition) is 4. The fraction of sp³-hybridized carbons (Fsp3) is 0.250. The predicted molar refractivity (Wildman–Crippen MR) is 114 cm³/mol. The zero-order valence-electron chi connectivity index (χ0n) is 16.7. The molecule has 0 bridgehead atoms. The second kappa shape index (κ2) is 8.79. The number of rotatable bonds is 5. The van der Waals surface area contributed by atoms with Gasteiger partial charge in [0.1, 0.15) is 11.6 Å². The summed E-state index contributed by atoms with van der Waals surface area (Å²) in [6, 6.07) is 14.7. The van der Waals surface area contributed by atoms with Crippen LogP contribution in [0.25, 0.3) is 17.0 Å². The van der Waals surface area contributed by atoms with Crippen LogP contribution < -0.4 is 9.64 Å². The summed E-state index contributed by atoms with van der Waals surface area (Å²) in [5.41, 5.74) is 2.01. The zero-order valence-corrected chi connectivity index (χ0v) is 16.7. The summed E-state index contributed by atoms with van der Waals surface area (Å²) in [5.74, 6) is 0.173. The summed E-state index contributed by atoms with van der Waals surface area (Å²) in [5, 5.41) is 0.976. The van der Waals surface area contributed by atoms with Crippen LogP contribution in [-0.2, 0) is 0 Å². The third-order valence-corrected chi connectivity index (χ3v) is 5.17. The molecular weight excluding hydrogens is 405 g/mol. The van der Waals surface area contributed by atoms with Gasteiger partial charge in [0.25, 0.3) is 0 Å². The molecule has 0 spiro atoms. The van der Waals surface area contributed by atoms with Crippen molar-refractivity contribution in [1.82, 2.24) is 4.98 Å². The first kappa shape index (κ1) is 20.9. The highest BCUT2D eigenvalue weighted by molar-refractivity contribution is 6.07. The van der Waals surface area contributed by atoms with Crippen molar-refractivity contribution >= 4 is 28.6 Å². The number of benzene rings is 2. The minimum atomic E-state index is -4.76. The van der Waals surface area contributed by atoms with E-state index in [1.807, 2.05) is 30.3 Å². The van der Waals surface area contributed by atoms with E-state index in [1.54, 1.807) is 6.08 Å². The Kier molecular flexibility index (Phi) is 5.93. The Morgan fingerprint density at radius 3 is 2.42 bits per heavy atom. The molecular formula is C24H21F3N2O2. The van der Waals surface area contributed by atoms with Crippen LogP contribution in [0.3, 0.4) is 0 Å². The Labute approximate surface area is 178 Å². The molecule has 1 saturated heterocycles. The van der Waals surface area contributed by atoms with Gasteiger partial charge in [0.15, 0.2) is 5.78 Å².